The maximum absolute atomic E-state index is 12.5. The molecule has 0 aliphatic heterocycles. The van der Waals surface area contributed by atoms with Crippen LogP contribution in [0.3, 0.4) is 0 Å². The molecule has 132 valence electrons. The molecule has 0 bridgehead atoms. The molecule has 0 saturated heterocycles. The molecule has 0 N–H and O–H groups in total. The van der Waals surface area contributed by atoms with Gasteiger partial charge in [-0.2, -0.15) is 21.6 Å². The number of aryl methyl sites for hydroxylation is 1. The molecule has 0 heterocycles. The summed E-state index contributed by atoms with van der Waals surface area (Å²) in [4.78, 5) is 12.0. The van der Waals surface area contributed by atoms with Crippen molar-refractivity contribution in [2.75, 3.05) is 0 Å². The quantitative estimate of drug-likeness (QED) is 0.367. The lowest BCUT2D eigenvalue weighted by Crippen LogP contribution is -2.27. The van der Waals surface area contributed by atoms with E-state index in [0.717, 1.165) is 9.13 Å². The van der Waals surface area contributed by atoms with Crippen LogP contribution >= 0.6 is 22.6 Å². The highest BCUT2D eigenvalue weighted by atomic mass is 127. The van der Waals surface area contributed by atoms with E-state index in [4.69, 9.17) is 0 Å². The number of benzene rings is 1. The smallest absolute Gasteiger partial charge is 0.380 e. The van der Waals surface area contributed by atoms with Gasteiger partial charge in [0.1, 0.15) is 5.76 Å². The second-order valence-corrected chi connectivity index (χ2v) is 7.95. The highest BCUT2D eigenvalue weighted by molar-refractivity contribution is 14.1. The Kier molecular flexibility index (Phi) is 5.95. The summed E-state index contributed by atoms with van der Waals surface area (Å²) in [6.45, 7) is 0. The molecule has 1 aromatic carbocycles. The Morgan fingerprint density at radius 1 is 1.12 bits per heavy atom. The number of rotatable bonds is 5. The lowest BCUT2D eigenvalue weighted by Gasteiger charge is -2.20. The first-order chi connectivity index (χ1) is 11.1. The number of hydrogen-bond acceptors (Lipinski definition) is 4. The first kappa shape index (κ1) is 19.2. The van der Waals surface area contributed by atoms with E-state index in [9.17, 15) is 26.4 Å². The minimum Gasteiger partial charge on any atom is -0.380 e. The summed E-state index contributed by atoms with van der Waals surface area (Å²) in [5.41, 5.74) is -4.55. The number of alkyl halides is 3. The van der Waals surface area contributed by atoms with Crippen LogP contribution < -0.4 is 0 Å². The third kappa shape index (κ3) is 4.50. The fraction of sp³-hybridized carbons (Fsp3) is 0.400. The number of allylic oxidation sites excluding steroid dienone is 2. The number of halogens is 4. The Morgan fingerprint density at radius 2 is 1.79 bits per heavy atom. The van der Waals surface area contributed by atoms with E-state index < -0.39 is 15.6 Å². The van der Waals surface area contributed by atoms with Gasteiger partial charge >= 0.3 is 15.6 Å². The molecule has 9 heteroatoms. The van der Waals surface area contributed by atoms with Gasteiger partial charge in [0.05, 0.1) is 0 Å². The van der Waals surface area contributed by atoms with E-state index >= 15 is 0 Å². The van der Waals surface area contributed by atoms with Crippen LogP contribution in [0.2, 0.25) is 0 Å². The van der Waals surface area contributed by atoms with E-state index in [2.05, 4.69) is 26.8 Å². The van der Waals surface area contributed by atoms with Crippen molar-refractivity contribution in [2.24, 2.45) is 0 Å². The van der Waals surface area contributed by atoms with Gasteiger partial charge in [-0.3, -0.25) is 4.79 Å². The van der Waals surface area contributed by atoms with E-state index in [0.29, 0.717) is 6.42 Å². The molecule has 0 amide bonds. The standard InChI is InChI=1S/C15H14F3IO4S/c16-15(17,18)24(21,22)23-14-7-3-6-13(20)11(14)9-8-10-4-1-2-5-12(10)19/h1-2,4-5H,3,6-9H2. The molecule has 1 aromatic rings. The monoisotopic (exact) mass is 474 g/mol. The highest BCUT2D eigenvalue weighted by Crippen LogP contribution is 2.33. The first-order valence-corrected chi connectivity index (χ1v) is 9.60. The van der Waals surface area contributed by atoms with Crippen LogP contribution in [0.25, 0.3) is 0 Å². The zero-order chi connectivity index (χ0) is 18.0. The maximum Gasteiger partial charge on any atom is 0.534 e. The predicted octanol–water partition coefficient (Wildman–Crippen LogP) is 4.10. The van der Waals surface area contributed by atoms with Crippen molar-refractivity contribution in [1.29, 1.82) is 0 Å². The molecular weight excluding hydrogens is 460 g/mol. The van der Waals surface area contributed by atoms with Crippen molar-refractivity contribution in [3.8, 4) is 0 Å². The molecule has 1 aliphatic carbocycles. The fourth-order valence-electron chi connectivity index (χ4n) is 2.38. The van der Waals surface area contributed by atoms with Crippen LogP contribution in [0, 0.1) is 3.57 Å². The number of hydrogen-bond donors (Lipinski definition) is 0. The predicted molar refractivity (Wildman–Crippen MR) is 89.4 cm³/mol. The van der Waals surface area contributed by atoms with Crippen LogP contribution in [0.15, 0.2) is 35.6 Å². The van der Waals surface area contributed by atoms with Crippen molar-refractivity contribution >= 4 is 38.5 Å². The fourth-order valence-corrected chi connectivity index (χ4v) is 3.58. The normalized spacial score (nSPS) is 16.4. The van der Waals surface area contributed by atoms with Crippen molar-refractivity contribution in [1.82, 2.24) is 0 Å². The molecule has 24 heavy (non-hydrogen) atoms. The second-order valence-electron chi connectivity index (χ2n) is 5.25. The molecule has 0 radical (unpaired) electrons. The largest absolute Gasteiger partial charge is 0.534 e. The van der Waals surface area contributed by atoms with Gasteiger partial charge in [0.2, 0.25) is 0 Å². The molecule has 0 spiro atoms. The number of carbonyl (C=O) groups excluding carboxylic acids is 1. The van der Waals surface area contributed by atoms with Crippen LogP contribution in [-0.2, 0) is 25.5 Å². The SMILES string of the molecule is O=C1CCCC(OS(=O)(=O)C(F)(F)F)=C1CCc1ccccc1I. The molecule has 4 nitrogen and oxygen atoms in total. The minimum absolute atomic E-state index is 0.00225. The van der Waals surface area contributed by atoms with Gasteiger partial charge in [0.25, 0.3) is 0 Å². The van der Waals surface area contributed by atoms with E-state index in [1.54, 1.807) is 0 Å². The van der Waals surface area contributed by atoms with E-state index in [-0.39, 0.29) is 42.8 Å². The van der Waals surface area contributed by atoms with Gasteiger partial charge in [-0.15, -0.1) is 0 Å². The van der Waals surface area contributed by atoms with Crippen LogP contribution in [0.5, 0.6) is 0 Å². The van der Waals surface area contributed by atoms with Crippen molar-refractivity contribution in [3.05, 3.63) is 44.7 Å². The van der Waals surface area contributed by atoms with Gasteiger partial charge < -0.3 is 4.18 Å². The van der Waals surface area contributed by atoms with Gasteiger partial charge in [-0.1, -0.05) is 18.2 Å². The highest BCUT2D eigenvalue weighted by Gasteiger charge is 2.49. The lowest BCUT2D eigenvalue weighted by atomic mass is 9.92. The maximum atomic E-state index is 12.5. The van der Waals surface area contributed by atoms with Crippen molar-refractivity contribution in [2.45, 2.75) is 37.6 Å². The number of Topliss-reactive ketones (excluding diaryl/α,β-unsaturated/α-hetero) is 1. The minimum atomic E-state index is -5.76. The van der Waals surface area contributed by atoms with E-state index in [1.807, 2.05) is 24.3 Å². The summed E-state index contributed by atoms with van der Waals surface area (Å²) in [7, 11) is -5.76. The third-order valence-electron chi connectivity index (χ3n) is 3.58. The molecule has 0 atom stereocenters. The summed E-state index contributed by atoms with van der Waals surface area (Å²) in [5.74, 6) is -0.742. The van der Waals surface area contributed by atoms with Crippen molar-refractivity contribution < 1.29 is 30.6 Å². The summed E-state index contributed by atoms with van der Waals surface area (Å²) in [6.07, 6.45) is 1.01. The van der Waals surface area contributed by atoms with Gasteiger partial charge in [-0.05, 0) is 53.5 Å². The van der Waals surface area contributed by atoms with Gasteiger partial charge in [0, 0.05) is 22.0 Å². The molecule has 0 fully saturated rings. The summed E-state index contributed by atoms with van der Waals surface area (Å²) < 4.78 is 65.1. The Hall–Kier alpha value is -1.10. The first-order valence-electron chi connectivity index (χ1n) is 7.11. The molecule has 0 saturated carbocycles. The molecular formula is C15H14F3IO4S. The van der Waals surface area contributed by atoms with E-state index in [1.165, 1.54) is 0 Å². The summed E-state index contributed by atoms with van der Waals surface area (Å²) >= 11 is 2.12. The molecule has 0 unspecified atom stereocenters. The zero-order valence-electron chi connectivity index (χ0n) is 12.4. The average molecular weight is 474 g/mol. The number of ketones is 1. The van der Waals surface area contributed by atoms with Crippen molar-refractivity contribution in [3.63, 3.8) is 0 Å². The third-order valence-corrected chi connectivity index (χ3v) is 5.62. The van der Waals surface area contributed by atoms with Crippen LogP contribution in [0.4, 0.5) is 13.2 Å². The van der Waals surface area contributed by atoms with Crippen LogP contribution in [-0.4, -0.2) is 19.7 Å². The molecule has 2 rings (SSSR count). The Morgan fingerprint density at radius 3 is 2.42 bits per heavy atom. The molecule has 0 aromatic heterocycles. The Balaban J connectivity index is 2.26. The average Bonchev–Trinajstić information content (AvgIpc) is 2.47. The lowest BCUT2D eigenvalue weighted by molar-refractivity contribution is -0.116. The Bertz CT molecular complexity index is 769. The summed E-state index contributed by atoms with van der Waals surface area (Å²) in [5, 5.41) is 0. The number of carbonyl (C=O) groups is 1. The Labute approximate surface area is 151 Å². The zero-order valence-corrected chi connectivity index (χ0v) is 15.4. The van der Waals surface area contributed by atoms with Gasteiger partial charge in [0.15, 0.2) is 5.78 Å². The van der Waals surface area contributed by atoms with Gasteiger partial charge in [-0.25, -0.2) is 0 Å². The summed E-state index contributed by atoms with van der Waals surface area (Å²) in [6, 6.07) is 7.39. The second kappa shape index (κ2) is 7.42. The van der Waals surface area contributed by atoms with Crippen LogP contribution in [0.1, 0.15) is 31.2 Å². The molecule has 1 aliphatic rings. The topological polar surface area (TPSA) is 60.4 Å².